The number of nitrogens with two attached hydrogens (primary N) is 1. The Morgan fingerprint density at radius 1 is 1.39 bits per heavy atom. The Kier molecular flexibility index (Phi) is 4.09. The third-order valence-corrected chi connectivity index (χ3v) is 3.81. The molecule has 1 fully saturated rings. The average Bonchev–Trinajstić information content (AvgIpc) is 2.34. The molecular formula is C14H22N2O2. The van der Waals surface area contributed by atoms with Crippen molar-refractivity contribution in [3.05, 3.63) is 23.8 Å². The first-order valence-electron chi connectivity index (χ1n) is 6.54. The van der Waals surface area contributed by atoms with Crippen LogP contribution < -0.4 is 5.73 Å². The number of piperidine rings is 1. The number of aliphatic hydroxyl groups excluding tert-OH is 1. The molecule has 4 heteroatoms. The molecule has 1 saturated heterocycles. The molecule has 1 heterocycles. The van der Waals surface area contributed by atoms with Gasteiger partial charge in [-0.1, -0.05) is 0 Å². The number of hydrogen-bond acceptors (Lipinski definition) is 4. The second-order valence-corrected chi connectivity index (χ2v) is 5.24. The molecular weight excluding hydrogens is 228 g/mol. The van der Waals surface area contributed by atoms with Gasteiger partial charge in [-0.05, 0) is 57.0 Å². The van der Waals surface area contributed by atoms with Crippen LogP contribution in [0.15, 0.2) is 18.2 Å². The van der Waals surface area contributed by atoms with Crippen molar-refractivity contribution in [1.29, 1.82) is 0 Å². The van der Waals surface area contributed by atoms with E-state index in [2.05, 4.69) is 4.90 Å². The number of likely N-dealkylation sites (tertiary alicyclic amines) is 1. The molecule has 1 aliphatic heterocycles. The molecule has 0 spiro atoms. The highest BCUT2D eigenvalue weighted by molar-refractivity contribution is 5.47. The maximum absolute atomic E-state index is 9.78. The van der Waals surface area contributed by atoms with Crippen molar-refractivity contribution in [1.82, 2.24) is 4.90 Å². The Hall–Kier alpha value is -1.26. The molecule has 4 N–H and O–H groups in total. The second kappa shape index (κ2) is 5.59. The van der Waals surface area contributed by atoms with Crippen LogP contribution in [0.25, 0.3) is 0 Å². The fraction of sp³-hybridized carbons (Fsp3) is 0.571. The third-order valence-electron chi connectivity index (χ3n) is 3.81. The van der Waals surface area contributed by atoms with Gasteiger partial charge >= 0.3 is 0 Å². The van der Waals surface area contributed by atoms with Crippen LogP contribution in [-0.4, -0.2) is 34.3 Å². The van der Waals surface area contributed by atoms with Crippen molar-refractivity contribution in [3.63, 3.8) is 0 Å². The summed E-state index contributed by atoms with van der Waals surface area (Å²) in [5.74, 6) is 0.720. The molecule has 1 aliphatic rings. The van der Waals surface area contributed by atoms with Crippen molar-refractivity contribution >= 4 is 5.69 Å². The molecule has 1 aromatic carbocycles. The van der Waals surface area contributed by atoms with E-state index in [1.807, 2.05) is 13.0 Å². The van der Waals surface area contributed by atoms with Crippen LogP contribution in [0.4, 0.5) is 5.69 Å². The quantitative estimate of drug-likeness (QED) is 0.562. The van der Waals surface area contributed by atoms with E-state index in [0.717, 1.165) is 38.0 Å². The lowest BCUT2D eigenvalue weighted by atomic mass is 9.92. The zero-order chi connectivity index (χ0) is 13.1. The fourth-order valence-electron chi connectivity index (χ4n) is 2.57. The van der Waals surface area contributed by atoms with Gasteiger partial charge in [0.1, 0.15) is 5.75 Å². The number of nitrogens with zero attached hydrogens (tertiary/aromatic N) is 1. The number of phenols is 1. The number of aliphatic hydroxyl groups is 1. The van der Waals surface area contributed by atoms with Gasteiger partial charge in [-0.25, -0.2) is 0 Å². The minimum Gasteiger partial charge on any atom is -0.508 e. The van der Waals surface area contributed by atoms with Crippen LogP contribution in [0.5, 0.6) is 5.75 Å². The van der Waals surface area contributed by atoms with Crippen LogP contribution in [0, 0.1) is 5.92 Å². The van der Waals surface area contributed by atoms with Crippen molar-refractivity contribution in [2.45, 2.75) is 32.4 Å². The summed E-state index contributed by atoms with van der Waals surface area (Å²) >= 11 is 0. The van der Waals surface area contributed by atoms with Crippen molar-refractivity contribution in [3.8, 4) is 5.75 Å². The van der Waals surface area contributed by atoms with E-state index in [9.17, 15) is 10.2 Å². The first kappa shape index (κ1) is 13.2. The summed E-state index contributed by atoms with van der Waals surface area (Å²) < 4.78 is 0. The van der Waals surface area contributed by atoms with E-state index in [1.165, 1.54) is 0 Å². The molecule has 1 aromatic rings. The standard InChI is InChI=1S/C14H22N2O2/c1-10(17)11-4-6-16(7-5-11)9-12-8-13(15)2-3-14(12)18/h2-3,8,10-11,17-18H,4-7,9,15H2,1H3. The molecule has 0 bridgehead atoms. The number of hydrogen-bond donors (Lipinski definition) is 3. The lowest BCUT2D eigenvalue weighted by molar-refractivity contribution is 0.0693. The fourth-order valence-corrected chi connectivity index (χ4v) is 2.57. The maximum Gasteiger partial charge on any atom is 0.120 e. The summed E-state index contributed by atoms with van der Waals surface area (Å²) in [6.45, 7) is 4.51. The van der Waals surface area contributed by atoms with Gasteiger partial charge in [0.15, 0.2) is 0 Å². The molecule has 0 aromatic heterocycles. The zero-order valence-electron chi connectivity index (χ0n) is 10.8. The highest BCUT2D eigenvalue weighted by atomic mass is 16.3. The Labute approximate surface area is 108 Å². The molecule has 1 unspecified atom stereocenters. The monoisotopic (exact) mass is 250 g/mol. The van der Waals surface area contributed by atoms with Crippen LogP contribution in [-0.2, 0) is 6.54 Å². The van der Waals surface area contributed by atoms with Gasteiger partial charge in [0.05, 0.1) is 6.10 Å². The molecule has 2 rings (SSSR count). The number of phenolic OH excluding ortho intramolecular Hbond substituents is 1. The Bertz CT molecular complexity index is 399. The zero-order valence-corrected chi connectivity index (χ0v) is 10.8. The lowest BCUT2D eigenvalue weighted by Gasteiger charge is -2.33. The number of nitrogen functional groups attached to an aromatic ring is 1. The van der Waals surface area contributed by atoms with Gasteiger partial charge in [0.25, 0.3) is 0 Å². The van der Waals surface area contributed by atoms with E-state index >= 15 is 0 Å². The minimum atomic E-state index is -0.215. The average molecular weight is 250 g/mol. The highest BCUT2D eigenvalue weighted by Gasteiger charge is 2.22. The number of rotatable bonds is 3. The number of benzene rings is 1. The van der Waals surface area contributed by atoms with E-state index in [1.54, 1.807) is 12.1 Å². The molecule has 0 radical (unpaired) electrons. The van der Waals surface area contributed by atoms with Crippen molar-refractivity contribution in [2.75, 3.05) is 18.8 Å². The summed E-state index contributed by atoms with van der Waals surface area (Å²) in [5.41, 5.74) is 7.29. The van der Waals surface area contributed by atoms with Crippen LogP contribution in [0.2, 0.25) is 0 Å². The predicted molar refractivity (Wildman–Crippen MR) is 72.2 cm³/mol. The smallest absolute Gasteiger partial charge is 0.120 e. The second-order valence-electron chi connectivity index (χ2n) is 5.24. The van der Waals surface area contributed by atoms with Gasteiger partial charge in [-0.3, -0.25) is 4.90 Å². The number of aromatic hydroxyl groups is 1. The first-order chi connectivity index (χ1) is 8.56. The van der Waals surface area contributed by atoms with E-state index in [-0.39, 0.29) is 6.10 Å². The van der Waals surface area contributed by atoms with Crippen molar-refractivity contribution < 1.29 is 10.2 Å². The van der Waals surface area contributed by atoms with Crippen LogP contribution in [0.3, 0.4) is 0 Å². The molecule has 100 valence electrons. The molecule has 4 nitrogen and oxygen atoms in total. The molecule has 1 atom stereocenters. The van der Waals surface area contributed by atoms with E-state index in [4.69, 9.17) is 5.73 Å². The molecule has 0 saturated carbocycles. The summed E-state index contributed by atoms with van der Waals surface area (Å²) in [5, 5.41) is 19.3. The molecule has 18 heavy (non-hydrogen) atoms. The normalized spacial score (nSPS) is 19.9. The highest BCUT2D eigenvalue weighted by Crippen LogP contribution is 2.25. The van der Waals surface area contributed by atoms with Crippen LogP contribution in [0.1, 0.15) is 25.3 Å². The lowest BCUT2D eigenvalue weighted by Crippen LogP contribution is -2.36. The van der Waals surface area contributed by atoms with E-state index < -0.39 is 0 Å². The maximum atomic E-state index is 9.78. The van der Waals surface area contributed by atoms with Gasteiger partial charge in [0, 0.05) is 17.8 Å². The van der Waals surface area contributed by atoms with Gasteiger partial charge in [-0.2, -0.15) is 0 Å². The Morgan fingerprint density at radius 3 is 2.67 bits per heavy atom. The summed E-state index contributed by atoms with van der Waals surface area (Å²) in [6.07, 6.45) is 1.81. The van der Waals surface area contributed by atoms with Gasteiger partial charge in [0.2, 0.25) is 0 Å². The predicted octanol–water partition coefficient (Wildman–Crippen LogP) is 1.57. The van der Waals surface area contributed by atoms with Gasteiger partial charge < -0.3 is 15.9 Å². The van der Waals surface area contributed by atoms with E-state index in [0.29, 0.717) is 17.4 Å². The summed E-state index contributed by atoms with van der Waals surface area (Å²) in [4.78, 5) is 2.30. The SMILES string of the molecule is CC(O)C1CCN(Cc2cc(N)ccc2O)CC1. The summed E-state index contributed by atoms with van der Waals surface area (Å²) in [6, 6.07) is 5.18. The van der Waals surface area contributed by atoms with Crippen LogP contribution >= 0.6 is 0 Å². The molecule has 0 aliphatic carbocycles. The van der Waals surface area contributed by atoms with Crippen molar-refractivity contribution in [2.24, 2.45) is 5.92 Å². The third kappa shape index (κ3) is 3.15. The summed E-state index contributed by atoms with van der Waals surface area (Å²) in [7, 11) is 0. The minimum absolute atomic E-state index is 0.215. The van der Waals surface area contributed by atoms with Gasteiger partial charge in [-0.15, -0.1) is 0 Å². The Morgan fingerprint density at radius 2 is 2.06 bits per heavy atom. The molecule has 0 amide bonds. The largest absolute Gasteiger partial charge is 0.508 e. The number of anilines is 1. The Balaban J connectivity index is 1.93. The topological polar surface area (TPSA) is 69.7 Å². The first-order valence-corrected chi connectivity index (χ1v) is 6.54.